The number of aromatic nitrogens is 2. The Hall–Kier alpha value is -2.44. The summed E-state index contributed by atoms with van der Waals surface area (Å²) in [7, 11) is 1.84. The number of benzene rings is 1. The maximum atomic E-state index is 6.03. The molecular weight excluding hydrogens is 424 g/mol. The van der Waals surface area contributed by atoms with Gasteiger partial charge in [0.05, 0.1) is 22.9 Å². The molecule has 1 saturated heterocycles. The Morgan fingerprint density at radius 1 is 1.09 bits per heavy atom. The molecule has 34 heavy (non-hydrogen) atoms. The van der Waals surface area contributed by atoms with Crippen LogP contribution in [-0.2, 0) is 11.2 Å². The lowest BCUT2D eigenvalue weighted by Crippen LogP contribution is -2.56. The van der Waals surface area contributed by atoms with Crippen molar-refractivity contribution in [1.82, 2.24) is 15.3 Å². The molecule has 3 heterocycles. The number of methoxy groups -OCH3 is 1. The van der Waals surface area contributed by atoms with Crippen LogP contribution in [0.3, 0.4) is 0 Å². The number of pyridine rings is 1. The number of fused-ring (bicyclic) bond motifs is 1. The molecular formula is C28H38N4O2. The molecule has 0 bridgehead atoms. The largest absolute Gasteiger partial charge is 0.444 e. The van der Waals surface area contributed by atoms with Gasteiger partial charge in [-0.1, -0.05) is 44.2 Å². The summed E-state index contributed by atoms with van der Waals surface area (Å²) in [5, 5.41) is 5.08. The minimum absolute atomic E-state index is 0.121. The van der Waals surface area contributed by atoms with E-state index in [4.69, 9.17) is 19.1 Å². The Morgan fingerprint density at radius 2 is 1.91 bits per heavy atom. The molecule has 2 atom stereocenters. The zero-order valence-corrected chi connectivity index (χ0v) is 20.8. The van der Waals surface area contributed by atoms with Gasteiger partial charge < -0.3 is 19.4 Å². The number of anilines is 1. The minimum atomic E-state index is 0.121. The van der Waals surface area contributed by atoms with E-state index < -0.39 is 0 Å². The fourth-order valence-electron chi connectivity index (χ4n) is 5.56. The van der Waals surface area contributed by atoms with Crippen molar-refractivity contribution in [1.29, 1.82) is 0 Å². The summed E-state index contributed by atoms with van der Waals surface area (Å²) < 4.78 is 11.9. The van der Waals surface area contributed by atoms with E-state index in [0.717, 1.165) is 53.9 Å². The smallest absolute Gasteiger partial charge is 0.229 e. The predicted octanol–water partition coefficient (Wildman–Crippen LogP) is 5.67. The summed E-state index contributed by atoms with van der Waals surface area (Å²) in [5.41, 5.74) is 4.15. The molecule has 182 valence electrons. The van der Waals surface area contributed by atoms with E-state index >= 15 is 0 Å². The molecule has 2 aliphatic rings. The van der Waals surface area contributed by atoms with Gasteiger partial charge in [0.1, 0.15) is 12.1 Å². The first-order valence-corrected chi connectivity index (χ1v) is 13.0. The predicted molar refractivity (Wildman–Crippen MR) is 137 cm³/mol. The quantitative estimate of drug-likeness (QED) is 0.477. The van der Waals surface area contributed by atoms with Gasteiger partial charge in [0, 0.05) is 37.7 Å². The van der Waals surface area contributed by atoms with Gasteiger partial charge in [-0.05, 0) is 50.8 Å². The number of oxazole rings is 1. The van der Waals surface area contributed by atoms with Crippen molar-refractivity contribution in [3.8, 4) is 11.5 Å². The fraction of sp³-hybridized carbons (Fsp3) is 0.571. The third-order valence-electron chi connectivity index (χ3n) is 7.56. The van der Waals surface area contributed by atoms with Crippen molar-refractivity contribution < 1.29 is 9.15 Å². The summed E-state index contributed by atoms with van der Waals surface area (Å²) in [5.74, 6) is 1.59. The second kappa shape index (κ2) is 10.4. The van der Waals surface area contributed by atoms with Gasteiger partial charge in [-0.15, -0.1) is 0 Å². The average Bonchev–Trinajstić information content (AvgIpc) is 3.20. The molecule has 0 spiro atoms. The molecule has 3 aromatic rings. The standard InChI is InChI=1S/C28H38N4O2/c1-4-21-18-34-28(30-21)23-16-20-15-19(2)11-12-24(20)31-27(23)32-14-13-25(26(17-32)33-3)29-22-9-7-5-6-8-10-22/h11-12,15-16,18,22,25-26,29H,4-10,13-14,17H2,1-3H3. The third-order valence-corrected chi connectivity index (χ3v) is 7.56. The molecule has 1 aliphatic heterocycles. The van der Waals surface area contributed by atoms with Crippen LogP contribution in [-0.4, -0.2) is 48.4 Å². The van der Waals surface area contributed by atoms with Crippen LogP contribution in [0.2, 0.25) is 0 Å². The lowest BCUT2D eigenvalue weighted by Gasteiger charge is -2.40. The van der Waals surface area contributed by atoms with E-state index in [1.165, 1.54) is 44.1 Å². The lowest BCUT2D eigenvalue weighted by atomic mass is 9.98. The Bertz CT molecular complexity index is 1100. The molecule has 0 radical (unpaired) electrons. The summed E-state index contributed by atoms with van der Waals surface area (Å²) in [6.07, 6.45) is 11.8. The Kier molecular flexibility index (Phi) is 7.16. The topological polar surface area (TPSA) is 63.4 Å². The first-order chi connectivity index (χ1) is 16.6. The van der Waals surface area contributed by atoms with E-state index in [0.29, 0.717) is 18.0 Å². The second-order valence-corrected chi connectivity index (χ2v) is 10.0. The van der Waals surface area contributed by atoms with Crippen LogP contribution >= 0.6 is 0 Å². The Labute approximate surface area is 203 Å². The molecule has 2 unspecified atom stereocenters. The number of hydrogen-bond acceptors (Lipinski definition) is 6. The van der Waals surface area contributed by atoms with E-state index in [-0.39, 0.29) is 6.10 Å². The summed E-state index contributed by atoms with van der Waals surface area (Å²) in [4.78, 5) is 12.2. The van der Waals surface area contributed by atoms with Crippen LogP contribution in [0.4, 0.5) is 5.82 Å². The number of nitrogens with zero attached hydrogens (tertiary/aromatic N) is 3. The SMILES string of the molecule is CCc1coc(-c2cc3cc(C)ccc3nc2N2CCC(NC3CCCCCC3)C(OC)C2)n1. The molecule has 0 amide bonds. The van der Waals surface area contributed by atoms with Crippen molar-refractivity contribution in [2.75, 3.05) is 25.1 Å². The minimum Gasteiger partial charge on any atom is -0.444 e. The van der Waals surface area contributed by atoms with Crippen LogP contribution in [0.15, 0.2) is 34.9 Å². The van der Waals surface area contributed by atoms with Crippen molar-refractivity contribution in [2.45, 2.75) is 83.4 Å². The van der Waals surface area contributed by atoms with E-state index in [1.54, 1.807) is 6.26 Å². The highest BCUT2D eigenvalue weighted by molar-refractivity contribution is 5.88. The molecule has 2 fully saturated rings. The molecule has 5 rings (SSSR count). The van der Waals surface area contributed by atoms with Crippen LogP contribution < -0.4 is 10.2 Å². The van der Waals surface area contributed by atoms with Crippen molar-refractivity contribution in [3.63, 3.8) is 0 Å². The number of nitrogens with one attached hydrogen (secondary N) is 1. The zero-order valence-electron chi connectivity index (χ0n) is 20.8. The average molecular weight is 463 g/mol. The number of rotatable bonds is 6. The summed E-state index contributed by atoms with van der Waals surface area (Å²) >= 11 is 0. The normalized spacial score (nSPS) is 22.3. The molecule has 1 aromatic carbocycles. The number of aryl methyl sites for hydroxylation is 2. The van der Waals surface area contributed by atoms with Crippen LogP contribution in [0, 0.1) is 6.92 Å². The van der Waals surface area contributed by atoms with Crippen LogP contribution in [0.5, 0.6) is 0 Å². The summed E-state index contributed by atoms with van der Waals surface area (Å²) in [6.45, 7) is 5.95. The van der Waals surface area contributed by atoms with Crippen molar-refractivity contribution in [3.05, 3.63) is 41.8 Å². The second-order valence-electron chi connectivity index (χ2n) is 10.0. The van der Waals surface area contributed by atoms with Gasteiger partial charge in [0.25, 0.3) is 0 Å². The zero-order chi connectivity index (χ0) is 23.5. The first kappa shape index (κ1) is 23.3. The van der Waals surface area contributed by atoms with E-state index in [2.05, 4.69) is 48.3 Å². The van der Waals surface area contributed by atoms with Gasteiger partial charge in [-0.25, -0.2) is 9.97 Å². The first-order valence-electron chi connectivity index (χ1n) is 13.0. The molecule has 6 nitrogen and oxygen atoms in total. The Morgan fingerprint density at radius 3 is 2.65 bits per heavy atom. The highest BCUT2D eigenvalue weighted by Gasteiger charge is 2.33. The highest BCUT2D eigenvalue weighted by atomic mass is 16.5. The molecule has 1 saturated carbocycles. The van der Waals surface area contributed by atoms with Crippen molar-refractivity contribution in [2.24, 2.45) is 0 Å². The summed E-state index contributed by atoms with van der Waals surface area (Å²) in [6, 6.07) is 9.60. The van der Waals surface area contributed by atoms with Gasteiger partial charge in [0.15, 0.2) is 0 Å². The fourth-order valence-corrected chi connectivity index (χ4v) is 5.56. The molecule has 2 aromatic heterocycles. The molecule has 1 N–H and O–H groups in total. The number of piperidine rings is 1. The monoisotopic (exact) mass is 462 g/mol. The van der Waals surface area contributed by atoms with Gasteiger partial charge in [0.2, 0.25) is 5.89 Å². The maximum absolute atomic E-state index is 6.03. The maximum Gasteiger partial charge on any atom is 0.229 e. The van der Waals surface area contributed by atoms with Gasteiger partial charge in [-0.3, -0.25) is 0 Å². The lowest BCUT2D eigenvalue weighted by molar-refractivity contribution is 0.0547. The van der Waals surface area contributed by atoms with Crippen LogP contribution in [0.25, 0.3) is 22.4 Å². The van der Waals surface area contributed by atoms with E-state index in [1.807, 2.05) is 7.11 Å². The van der Waals surface area contributed by atoms with Gasteiger partial charge >= 0.3 is 0 Å². The van der Waals surface area contributed by atoms with E-state index in [9.17, 15) is 0 Å². The highest BCUT2D eigenvalue weighted by Crippen LogP contribution is 2.34. The van der Waals surface area contributed by atoms with Gasteiger partial charge in [-0.2, -0.15) is 0 Å². The van der Waals surface area contributed by atoms with Crippen LogP contribution in [0.1, 0.15) is 63.1 Å². The third kappa shape index (κ3) is 4.98. The molecule has 6 heteroatoms. The number of hydrogen-bond donors (Lipinski definition) is 1. The van der Waals surface area contributed by atoms with Crippen molar-refractivity contribution >= 4 is 16.7 Å². The number of ether oxygens (including phenoxy) is 1. The molecule has 1 aliphatic carbocycles. The Balaban J connectivity index is 1.43.